The predicted octanol–water partition coefficient (Wildman–Crippen LogP) is 25.0. The summed E-state index contributed by atoms with van der Waals surface area (Å²) in [6.45, 7) is 6.73. The van der Waals surface area contributed by atoms with Crippen LogP contribution in [0.2, 0.25) is 0 Å². The molecule has 0 aliphatic heterocycles. The second-order valence-corrected chi connectivity index (χ2v) is 25.2. The molecule has 0 N–H and O–H groups in total. The van der Waals surface area contributed by atoms with Crippen LogP contribution in [0.3, 0.4) is 0 Å². The van der Waals surface area contributed by atoms with E-state index in [2.05, 4.69) is 20.8 Å². The fourth-order valence-electron chi connectivity index (χ4n) is 11.6. The van der Waals surface area contributed by atoms with E-state index in [-0.39, 0.29) is 31.1 Å². The van der Waals surface area contributed by atoms with Gasteiger partial charge in [-0.1, -0.05) is 393 Å². The van der Waals surface area contributed by atoms with Gasteiger partial charge in [0.1, 0.15) is 13.2 Å². The predicted molar refractivity (Wildman–Crippen MR) is 344 cm³/mol. The van der Waals surface area contributed by atoms with Crippen LogP contribution in [0.15, 0.2) is 0 Å². The first kappa shape index (κ1) is 77.4. The Morgan fingerprint density at radius 2 is 0.342 bits per heavy atom. The molecule has 0 fully saturated rings. The summed E-state index contributed by atoms with van der Waals surface area (Å²) in [6, 6.07) is 0. The first-order valence-electron chi connectivity index (χ1n) is 36.5. The van der Waals surface area contributed by atoms with Gasteiger partial charge in [-0.15, -0.1) is 0 Å². The summed E-state index contributed by atoms with van der Waals surface area (Å²) in [4.78, 5) is 38.3. The summed E-state index contributed by atoms with van der Waals surface area (Å²) in [5.41, 5.74) is 0. The molecule has 6 nitrogen and oxygen atoms in total. The van der Waals surface area contributed by atoms with Gasteiger partial charge >= 0.3 is 17.9 Å². The van der Waals surface area contributed by atoms with E-state index in [0.717, 1.165) is 57.8 Å². The standard InChI is InChI=1S/C73H142O6/c1-4-7-10-13-16-19-22-24-26-28-30-32-34-36-37-38-40-41-43-45-47-49-51-54-57-60-63-66-72(75)78-69-70(68-77-71(74)65-62-59-56-53-21-18-15-12-9-6-3)79-73(76)67-64-61-58-55-52-50-48-46-44-42-39-35-33-31-29-27-25-23-20-17-14-11-8-5-2/h70H,4-69H2,1-3H3. The molecule has 6 heteroatoms. The topological polar surface area (TPSA) is 78.9 Å². The summed E-state index contributed by atoms with van der Waals surface area (Å²) in [7, 11) is 0. The minimum atomic E-state index is -0.763. The molecule has 0 aromatic heterocycles. The van der Waals surface area contributed by atoms with Crippen molar-refractivity contribution in [3.63, 3.8) is 0 Å². The van der Waals surface area contributed by atoms with Crippen molar-refractivity contribution in [3.8, 4) is 0 Å². The molecule has 0 heterocycles. The average molecular weight is 1120 g/mol. The van der Waals surface area contributed by atoms with Gasteiger partial charge in [-0.2, -0.15) is 0 Å². The molecule has 0 bridgehead atoms. The highest BCUT2D eigenvalue weighted by molar-refractivity contribution is 5.71. The number of carbonyl (C=O) groups excluding carboxylic acids is 3. The third-order valence-electron chi connectivity index (χ3n) is 17.1. The summed E-state index contributed by atoms with van der Waals surface area (Å²) in [5.74, 6) is -0.823. The van der Waals surface area contributed by atoms with Crippen LogP contribution in [0.1, 0.15) is 432 Å². The molecule has 0 aromatic rings. The number of hydrogen-bond donors (Lipinski definition) is 0. The molecule has 470 valence electrons. The van der Waals surface area contributed by atoms with Crippen molar-refractivity contribution in [2.45, 2.75) is 438 Å². The lowest BCUT2D eigenvalue weighted by molar-refractivity contribution is -0.167. The van der Waals surface area contributed by atoms with Crippen LogP contribution in [-0.2, 0) is 28.6 Å². The Kier molecular flexibility index (Phi) is 67.5. The highest BCUT2D eigenvalue weighted by atomic mass is 16.6. The van der Waals surface area contributed by atoms with Gasteiger partial charge in [0.05, 0.1) is 0 Å². The highest BCUT2D eigenvalue weighted by Gasteiger charge is 2.20. The van der Waals surface area contributed by atoms with E-state index in [1.165, 1.54) is 334 Å². The van der Waals surface area contributed by atoms with E-state index < -0.39 is 6.10 Å². The Balaban J connectivity index is 4.08. The normalized spacial score (nSPS) is 11.9. The third kappa shape index (κ3) is 67.1. The zero-order valence-corrected chi connectivity index (χ0v) is 54.2. The molecule has 79 heavy (non-hydrogen) atoms. The van der Waals surface area contributed by atoms with Gasteiger partial charge in [-0.25, -0.2) is 0 Å². The Labute approximate surface area is 495 Å². The molecule has 1 atom stereocenters. The van der Waals surface area contributed by atoms with Crippen molar-refractivity contribution in [1.82, 2.24) is 0 Å². The van der Waals surface area contributed by atoms with Crippen LogP contribution >= 0.6 is 0 Å². The molecular weight excluding hydrogens is 973 g/mol. The third-order valence-corrected chi connectivity index (χ3v) is 17.1. The van der Waals surface area contributed by atoms with Crippen molar-refractivity contribution in [2.75, 3.05) is 13.2 Å². The molecule has 0 aliphatic rings. The highest BCUT2D eigenvalue weighted by Crippen LogP contribution is 2.20. The van der Waals surface area contributed by atoms with Gasteiger partial charge < -0.3 is 14.2 Å². The van der Waals surface area contributed by atoms with E-state index in [9.17, 15) is 14.4 Å². The fraction of sp³-hybridized carbons (Fsp3) is 0.959. The molecule has 0 saturated heterocycles. The largest absolute Gasteiger partial charge is 0.462 e. The number of ether oxygens (including phenoxy) is 3. The van der Waals surface area contributed by atoms with Crippen LogP contribution in [0, 0.1) is 0 Å². The lowest BCUT2D eigenvalue weighted by Gasteiger charge is -2.18. The van der Waals surface area contributed by atoms with Gasteiger partial charge in [0.2, 0.25) is 0 Å². The second kappa shape index (κ2) is 68.9. The Hall–Kier alpha value is -1.59. The zero-order chi connectivity index (χ0) is 57.1. The Morgan fingerprint density at radius 1 is 0.203 bits per heavy atom. The Morgan fingerprint density at radius 3 is 0.506 bits per heavy atom. The van der Waals surface area contributed by atoms with Crippen molar-refractivity contribution in [3.05, 3.63) is 0 Å². The molecule has 0 aromatic carbocycles. The van der Waals surface area contributed by atoms with E-state index in [1.54, 1.807) is 0 Å². The zero-order valence-electron chi connectivity index (χ0n) is 54.2. The molecule has 0 spiro atoms. The molecule has 0 aliphatic carbocycles. The van der Waals surface area contributed by atoms with Crippen molar-refractivity contribution in [2.24, 2.45) is 0 Å². The van der Waals surface area contributed by atoms with Crippen molar-refractivity contribution >= 4 is 17.9 Å². The van der Waals surface area contributed by atoms with Crippen LogP contribution in [-0.4, -0.2) is 37.2 Å². The van der Waals surface area contributed by atoms with Gasteiger partial charge in [-0.3, -0.25) is 14.4 Å². The Bertz CT molecular complexity index is 1190. The molecule has 0 amide bonds. The van der Waals surface area contributed by atoms with E-state index in [0.29, 0.717) is 19.3 Å². The van der Waals surface area contributed by atoms with Gasteiger partial charge in [0.15, 0.2) is 6.10 Å². The lowest BCUT2D eigenvalue weighted by Crippen LogP contribution is -2.30. The molecule has 1 unspecified atom stereocenters. The van der Waals surface area contributed by atoms with E-state index in [4.69, 9.17) is 14.2 Å². The smallest absolute Gasteiger partial charge is 0.306 e. The van der Waals surface area contributed by atoms with Crippen LogP contribution in [0.4, 0.5) is 0 Å². The SMILES string of the molecule is CCCCCCCCCCCCCCCCCCCCCCCCCCCCCC(=O)OCC(COC(=O)CCCCCCCCCCCC)OC(=O)CCCCCCCCCCCCCCCCCCCCCCCCCC. The van der Waals surface area contributed by atoms with Crippen LogP contribution < -0.4 is 0 Å². The van der Waals surface area contributed by atoms with Gasteiger partial charge in [0, 0.05) is 19.3 Å². The summed E-state index contributed by atoms with van der Waals surface area (Å²) in [6.07, 6.45) is 81.6. The summed E-state index contributed by atoms with van der Waals surface area (Å²) >= 11 is 0. The number of hydrogen-bond acceptors (Lipinski definition) is 6. The number of rotatable bonds is 69. The van der Waals surface area contributed by atoms with E-state index in [1.807, 2.05) is 0 Å². The monoisotopic (exact) mass is 1120 g/mol. The van der Waals surface area contributed by atoms with Crippen LogP contribution in [0.5, 0.6) is 0 Å². The first-order chi connectivity index (χ1) is 39.0. The lowest BCUT2D eigenvalue weighted by atomic mass is 10.0. The second-order valence-electron chi connectivity index (χ2n) is 25.2. The number of carbonyl (C=O) groups is 3. The van der Waals surface area contributed by atoms with E-state index >= 15 is 0 Å². The van der Waals surface area contributed by atoms with Crippen molar-refractivity contribution in [1.29, 1.82) is 0 Å². The summed E-state index contributed by atoms with van der Waals surface area (Å²) < 4.78 is 17.0. The minimum Gasteiger partial charge on any atom is -0.462 e. The minimum absolute atomic E-state index is 0.0605. The van der Waals surface area contributed by atoms with Crippen LogP contribution in [0.25, 0.3) is 0 Å². The maximum absolute atomic E-state index is 12.9. The molecule has 0 saturated carbocycles. The molecular formula is C73H142O6. The fourth-order valence-corrected chi connectivity index (χ4v) is 11.6. The summed E-state index contributed by atoms with van der Waals surface area (Å²) in [5, 5.41) is 0. The average Bonchev–Trinajstić information content (AvgIpc) is 3.45. The number of unbranched alkanes of at least 4 members (excludes halogenated alkanes) is 58. The maximum atomic E-state index is 12.9. The van der Waals surface area contributed by atoms with Gasteiger partial charge in [-0.05, 0) is 19.3 Å². The molecule has 0 rings (SSSR count). The maximum Gasteiger partial charge on any atom is 0.306 e. The molecule has 0 radical (unpaired) electrons. The quantitative estimate of drug-likeness (QED) is 0.0343. The van der Waals surface area contributed by atoms with Gasteiger partial charge in [0.25, 0.3) is 0 Å². The van der Waals surface area contributed by atoms with Crippen molar-refractivity contribution < 1.29 is 28.6 Å². The number of esters is 3. The first-order valence-corrected chi connectivity index (χ1v) is 36.5.